The van der Waals surface area contributed by atoms with Crippen molar-refractivity contribution >= 4 is 17.5 Å². The van der Waals surface area contributed by atoms with Gasteiger partial charge in [0.15, 0.2) is 0 Å². The predicted octanol–water partition coefficient (Wildman–Crippen LogP) is 3.85. The van der Waals surface area contributed by atoms with E-state index in [1.54, 1.807) is 23.1 Å². The summed E-state index contributed by atoms with van der Waals surface area (Å²) >= 11 is 0. The van der Waals surface area contributed by atoms with Gasteiger partial charge in [-0.2, -0.15) is 0 Å². The molecule has 0 bridgehead atoms. The average Bonchev–Trinajstić information content (AvgIpc) is 3.00. The van der Waals surface area contributed by atoms with Crippen molar-refractivity contribution in [1.29, 1.82) is 0 Å². The standard InChI is InChI=1S/C22H25FN2O3/c1-15(2)12-25-13-17(10-21(25)26)22(27)24-19-7-3-5-16(9-19)14-28-20-8-4-6-18(23)11-20/h3-9,11,15,17H,10,12-14H2,1-2H3,(H,24,27). The Morgan fingerprint density at radius 3 is 2.79 bits per heavy atom. The van der Waals surface area contributed by atoms with E-state index in [1.165, 1.54) is 12.1 Å². The third-order valence-electron chi connectivity index (χ3n) is 4.57. The van der Waals surface area contributed by atoms with Crippen LogP contribution in [0.2, 0.25) is 0 Å². The zero-order valence-corrected chi connectivity index (χ0v) is 16.2. The second-order valence-electron chi connectivity index (χ2n) is 7.53. The molecule has 1 heterocycles. The Hall–Kier alpha value is -2.89. The average molecular weight is 384 g/mol. The van der Waals surface area contributed by atoms with Crippen molar-refractivity contribution < 1.29 is 18.7 Å². The molecule has 0 saturated carbocycles. The molecule has 1 unspecified atom stereocenters. The summed E-state index contributed by atoms with van der Waals surface area (Å²) in [5, 5.41) is 2.89. The maximum atomic E-state index is 13.2. The van der Waals surface area contributed by atoms with Gasteiger partial charge >= 0.3 is 0 Å². The van der Waals surface area contributed by atoms with Gasteiger partial charge in [0.25, 0.3) is 0 Å². The Balaban J connectivity index is 1.57. The van der Waals surface area contributed by atoms with Crippen LogP contribution in [0.4, 0.5) is 10.1 Å². The number of rotatable bonds is 7. The van der Waals surface area contributed by atoms with E-state index in [-0.39, 0.29) is 36.6 Å². The summed E-state index contributed by atoms with van der Waals surface area (Å²) in [6.45, 7) is 5.51. The van der Waals surface area contributed by atoms with Gasteiger partial charge in [0, 0.05) is 31.3 Å². The lowest BCUT2D eigenvalue weighted by Gasteiger charge is -2.18. The number of hydrogen-bond donors (Lipinski definition) is 1. The second-order valence-corrected chi connectivity index (χ2v) is 7.53. The molecule has 1 aliphatic heterocycles. The first-order chi connectivity index (χ1) is 13.4. The summed E-state index contributed by atoms with van der Waals surface area (Å²) in [6, 6.07) is 13.3. The number of halogens is 1. The summed E-state index contributed by atoms with van der Waals surface area (Å²) in [5.41, 5.74) is 1.51. The van der Waals surface area contributed by atoms with E-state index in [9.17, 15) is 14.0 Å². The third-order valence-corrected chi connectivity index (χ3v) is 4.57. The van der Waals surface area contributed by atoms with Crippen LogP contribution in [0.15, 0.2) is 48.5 Å². The Kier molecular flexibility index (Phi) is 6.29. The molecule has 0 spiro atoms. The van der Waals surface area contributed by atoms with Gasteiger partial charge in [0.1, 0.15) is 18.2 Å². The summed E-state index contributed by atoms with van der Waals surface area (Å²) in [5.74, 6) is 0.0215. The number of benzene rings is 2. The van der Waals surface area contributed by atoms with E-state index in [0.717, 1.165) is 5.56 Å². The van der Waals surface area contributed by atoms with Crippen molar-refractivity contribution in [2.24, 2.45) is 11.8 Å². The van der Waals surface area contributed by atoms with Crippen molar-refractivity contribution in [3.8, 4) is 5.75 Å². The Morgan fingerprint density at radius 1 is 1.25 bits per heavy atom. The van der Waals surface area contributed by atoms with E-state index in [2.05, 4.69) is 19.2 Å². The van der Waals surface area contributed by atoms with Crippen LogP contribution in [0.5, 0.6) is 5.75 Å². The maximum Gasteiger partial charge on any atom is 0.229 e. The Labute approximate surface area is 164 Å². The van der Waals surface area contributed by atoms with Crippen molar-refractivity contribution in [3.05, 3.63) is 59.9 Å². The molecule has 1 saturated heterocycles. The molecule has 2 aromatic rings. The molecular weight excluding hydrogens is 359 g/mol. The number of ether oxygens (including phenoxy) is 1. The summed E-state index contributed by atoms with van der Waals surface area (Å²) in [6.07, 6.45) is 0.251. The van der Waals surface area contributed by atoms with Crippen LogP contribution < -0.4 is 10.1 Å². The zero-order valence-electron chi connectivity index (χ0n) is 16.2. The molecule has 1 N–H and O–H groups in total. The molecule has 0 aromatic heterocycles. The normalized spacial score (nSPS) is 16.5. The highest BCUT2D eigenvalue weighted by Crippen LogP contribution is 2.22. The molecule has 0 radical (unpaired) electrons. The summed E-state index contributed by atoms with van der Waals surface area (Å²) in [4.78, 5) is 26.4. The number of carbonyl (C=O) groups excluding carboxylic acids is 2. The molecule has 1 fully saturated rings. The van der Waals surface area contributed by atoms with Gasteiger partial charge in [-0.05, 0) is 35.7 Å². The fraction of sp³-hybridized carbons (Fsp3) is 0.364. The lowest BCUT2D eigenvalue weighted by Crippen LogP contribution is -2.31. The first-order valence-electron chi connectivity index (χ1n) is 9.46. The molecule has 2 amide bonds. The van der Waals surface area contributed by atoms with E-state index in [0.29, 0.717) is 30.4 Å². The number of anilines is 1. The van der Waals surface area contributed by atoms with E-state index < -0.39 is 0 Å². The van der Waals surface area contributed by atoms with Crippen molar-refractivity contribution in [2.75, 3.05) is 18.4 Å². The molecule has 2 aromatic carbocycles. The first-order valence-corrected chi connectivity index (χ1v) is 9.46. The first kappa shape index (κ1) is 19.9. The molecule has 0 aliphatic carbocycles. The van der Waals surface area contributed by atoms with Gasteiger partial charge in [-0.25, -0.2) is 4.39 Å². The van der Waals surface area contributed by atoms with Crippen LogP contribution in [0, 0.1) is 17.7 Å². The van der Waals surface area contributed by atoms with Gasteiger partial charge < -0.3 is 15.0 Å². The third kappa shape index (κ3) is 5.31. The van der Waals surface area contributed by atoms with Gasteiger partial charge in [-0.1, -0.05) is 32.0 Å². The van der Waals surface area contributed by atoms with Crippen molar-refractivity contribution in [2.45, 2.75) is 26.9 Å². The largest absolute Gasteiger partial charge is 0.489 e. The smallest absolute Gasteiger partial charge is 0.229 e. The minimum atomic E-state index is -0.351. The minimum Gasteiger partial charge on any atom is -0.489 e. The highest BCUT2D eigenvalue weighted by atomic mass is 19.1. The van der Waals surface area contributed by atoms with E-state index in [4.69, 9.17) is 4.74 Å². The highest BCUT2D eigenvalue weighted by Gasteiger charge is 2.34. The van der Waals surface area contributed by atoms with Gasteiger partial charge in [0.05, 0.1) is 5.92 Å². The number of likely N-dealkylation sites (tertiary alicyclic amines) is 1. The fourth-order valence-corrected chi connectivity index (χ4v) is 3.27. The van der Waals surface area contributed by atoms with Crippen LogP contribution in [0.3, 0.4) is 0 Å². The van der Waals surface area contributed by atoms with Gasteiger partial charge in [0.2, 0.25) is 11.8 Å². The second kappa shape index (κ2) is 8.87. The summed E-state index contributed by atoms with van der Waals surface area (Å²) in [7, 11) is 0. The maximum absolute atomic E-state index is 13.2. The number of nitrogens with zero attached hydrogens (tertiary/aromatic N) is 1. The molecule has 148 valence electrons. The lowest BCUT2D eigenvalue weighted by molar-refractivity contribution is -0.128. The molecule has 6 heteroatoms. The highest BCUT2D eigenvalue weighted by molar-refractivity contribution is 5.97. The minimum absolute atomic E-state index is 0.0334. The topological polar surface area (TPSA) is 58.6 Å². The molecule has 1 aliphatic rings. The number of amides is 2. The Morgan fingerprint density at radius 2 is 2.04 bits per heavy atom. The van der Waals surface area contributed by atoms with Crippen molar-refractivity contribution in [3.63, 3.8) is 0 Å². The molecule has 28 heavy (non-hydrogen) atoms. The quantitative estimate of drug-likeness (QED) is 0.789. The molecular formula is C22H25FN2O3. The van der Waals surface area contributed by atoms with Crippen LogP contribution in [0.25, 0.3) is 0 Å². The molecule has 5 nitrogen and oxygen atoms in total. The van der Waals surface area contributed by atoms with Crippen molar-refractivity contribution in [1.82, 2.24) is 4.90 Å². The van der Waals surface area contributed by atoms with Gasteiger partial charge in [-0.15, -0.1) is 0 Å². The number of carbonyl (C=O) groups is 2. The van der Waals surface area contributed by atoms with Crippen LogP contribution in [-0.2, 0) is 16.2 Å². The zero-order chi connectivity index (χ0) is 20.1. The summed E-state index contributed by atoms with van der Waals surface area (Å²) < 4.78 is 18.8. The lowest BCUT2D eigenvalue weighted by atomic mass is 10.1. The number of hydrogen-bond acceptors (Lipinski definition) is 3. The van der Waals surface area contributed by atoms with Crippen LogP contribution in [-0.4, -0.2) is 29.8 Å². The number of nitrogens with one attached hydrogen (secondary N) is 1. The van der Waals surface area contributed by atoms with E-state index in [1.807, 2.05) is 18.2 Å². The van der Waals surface area contributed by atoms with E-state index >= 15 is 0 Å². The van der Waals surface area contributed by atoms with Crippen LogP contribution >= 0.6 is 0 Å². The van der Waals surface area contributed by atoms with Gasteiger partial charge in [-0.3, -0.25) is 9.59 Å². The monoisotopic (exact) mass is 384 g/mol. The molecule has 3 rings (SSSR count). The predicted molar refractivity (Wildman–Crippen MR) is 105 cm³/mol. The van der Waals surface area contributed by atoms with Crippen LogP contribution in [0.1, 0.15) is 25.8 Å². The SMILES string of the molecule is CC(C)CN1CC(C(=O)Nc2cccc(COc3cccc(F)c3)c2)CC1=O. The Bertz CT molecular complexity index is 853. The fourth-order valence-electron chi connectivity index (χ4n) is 3.27. The molecule has 1 atom stereocenters.